The van der Waals surface area contributed by atoms with Gasteiger partial charge >= 0.3 is 0 Å². The lowest BCUT2D eigenvalue weighted by atomic mass is 9.87. The minimum absolute atomic E-state index is 0.0282. The Morgan fingerprint density at radius 3 is 2.83 bits per heavy atom. The van der Waals surface area contributed by atoms with Crippen molar-refractivity contribution in [3.05, 3.63) is 35.0 Å². The van der Waals surface area contributed by atoms with Gasteiger partial charge in [-0.15, -0.1) is 0 Å². The fraction of sp³-hybridized carbons (Fsp3) is 0.526. The molecular weight excluding hydrogens is 288 g/mol. The molecule has 3 rings (SSSR count). The number of H-pyrrole nitrogens is 1. The van der Waals surface area contributed by atoms with Crippen molar-refractivity contribution in [2.45, 2.75) is 46.6 Å². The number of aromatic amines is 1. The fourth-order valence-electron chi connectivity index (χ4n) is 3.62. The highest BCUT2D eigenvalue weighted by molar-refractivity contribution is 5.99. The number of aromatic nitrogens is 1. The quantitative estimate of drug-likeness (QED) is 0.847. The van der Waals surface area contributed by atoms with E-state index in [1.54, 1.807) is 0 Å². The SMILES string of the molecule is Cc1ccc2[nH]c(C(=O)N3CC[C@H](O)CC(C)(C)C3)cc2c1C. The third kappa shape index (κ3) is 3.13. The lowest BCUT2D eigenvalue weighted by molar-refractivity contribution is 0.0700. The number of likely N-dealkylation sites (tertiary alicyclic amines) is 1. The number of aliphatic hydroxyl groups excluding tert-OH is 1. The molecule has 0 saturated carbocycles. The fourth-order valence-corrected chi connectivity index (χ4v) is 3.62. The zero-order valence-corrected chi connectivity index (χ0v) is 14.4. The van der Waals surface area contributed by atoms with E-state index < -0.39 is 0 Å². The molecule has 23 heavy (non-hydrogen) atoms. The molecule has 4 heteroatoms. The van der Waals surface area contributed by atoms with Crippen LogP contribution in [-0.4, -0.2) is 40.1 Å². The van der Waals surface area contributed by atoms with Gasteiger partial charge in [0, 0.05) is 24.0 Å². The zero-order valence-electron chi connectivity index (χ0n) is 14.4. The number of nitrogens with one attached hydrogen (secondary N) is 1. The van der Waals surface area contributed by atoms with Gasteiger partial charge in [0.05, 0.1) is 6.10 Å². The predicted octanol–water partition coefficient (Wildman–Crippen LogP) is 3.41. The molecule has 2 heterocycles. The molecule has 1 atom stereocenters. The van der Waals surface area contributed by atoms with Crippen molar-refractivity contribution in [1.29, 1.82) is 0 Å². The Hall–Kier alpha value is -1.81. The lowest BCUT2D eigenvalue weighted by Crippen LogP contribution is -2.37. The van der Waals surface area contributed by atoms with Crippen molar-refractivity contribution in [1.82, 2.24) is 9.88 Å². The van der Waals surface area contributed by atoms with E-state index in [0.29, 0.717) is 25.2 Å². The van der Waals surface area contributed by atoms with E-state index in [1.165, 1.54) is 11.1 Å². The number of aliphatic hydroxyl groups is 1. The van der Waals surface area contributed by atoms with Crippen molar-refractivity contribution in [3.63, 3.8) is 0 Å². The molecule has 2 N–H and O–H groups in total. The molecule has 1 aromatic carbocycles. The maximum atomic E-state index is 12.9. The summed E-state index contributed by atoms with van der Waals surface area (Å²) in [7, 11) is 0. The molecule has 124 valence electrons. The highest BCUT2D eigenvalue weighted by Crippen LogP contribution is 2.30. The van der Waals surface area contributed by atoms with Crippen molar-refractivity contribution >= 4 is 16.8 Å². The smallest absolute Gasteiger partial charge is 0.270 e. The minimum atomic E-state index is -0.324. The number of carbonyl (C=O) groups is 1. The van der Waals surface area contributed by atoms with E-state index >= 15 is 0 Å². The molecule has 0 aliphatic carbocycles. The normalized spacial score (nSPS) is 21.4. The summed E-state index contributed by atoms with van der Waals surface area (Å²) in [6, 6.07) is 6.08. The molecule has 0 unspecified atom stereocenters. The third-order valence-electron chi connectivity index (χ3n) is 5.00. The highest BCUT2D eigenvalue weighted by Gasteiger charge is 2.32. The first-order valence-corrected chi connectivity index (χ1v) is 8.33. The molecule has 1 fully saturated rings. The Kier molecular flexibility index (Phi) is 3.96. The Morgan fingerprint density at radius 1 is 1.35 bits per heavy atom. The number of rotatable bonds is 1. The van der Waals surface area contributed by atoms with Crippen LogP contribution in [0.25, 0.3) is 10.9 Å². The highest BCUT2D eigenvalue weighted by atomic mass is 16.3. The lowest BCUT2D eigenvalue weighted by Gasteiger charge is -2.29. The first-order chi connectivity index (χ1) is 10.8. The molecule has 0 bridgehead atoms. The second-order valence-corrected chi connectivity index (χ2v) is 7.69. The summed E-state index contributed by atoms with van der Waals surface area (Å²) in [4.78, 5) is 18.1. The van der Waals surface area contributed by atoms with Crippen LogP contribution in [0.2, 0.25) is 0 Å². The zero-order chi connectivity index (χ0) is 16.8. The molecular formula is C19H26N2O2. The van der Waals surface area contributed by atoms with E-state index in [9.17, 15) is 9.90 Å². The van der Waals surface area contributed by atoms with Gasteiger partial charge in [0.2, 0.25) is 0 Å². The van der Waals surface area contributed by atoms with Gasteiger partial charge in [-0.3, -0.25) is 4.79 Å². The van der Waals surface area contributed by atoms with Crippen LogP contribution in [0.4, 0.5) is 0 Å². The van der Waals surface area contributed by atoms with Crippen LogP contribution < -0.4 is 0 Å². The summed E-state index contributed by atoms with van der Waals surface area (Å²) in [5, 5.41) is 11.1. The van der Waals surface area contributed by atoms with Gasteiger partial charge in [-0.05, 0) is 55.4 Å². The van der Waals surface area contributed by atoms with Gasteiger partial charge in [0.25, 0.3) is 5.91 Å². The van der Waals surface area contributed by atoms with Gasteiger partial charge in [0.15, 0.2) is 0 Å². The molecule has 0 spiro atoms. The molecule has 1 aromatic heterocycles. The topological polar surface area (TPSA) is 56.3 Å². The Labute approximate surface area is 137 Å². The number of amides is 1. The molecule has 1 aliphatic heterocycles. The van der Waals surface area contributed by atoms with E-state index in [2.05, 4.69) is 38.7 Å². The van der Waals surface area contributed by atoms with Crippen molar-refractivity contribution in [2.24, 2.45) is 5.41 Å². The van der Waals surface area contributed by atoms with Crippen molar-refractivity contribution in [3.8, 4) is 0 Å². The molecule has 0 radical (unpaired) electrons. The van der Waals surface area contributed by atoms with Gasteiger partial charge in [-0.1, -0.05) is 19.9 Å². The molecule has 1 amide bonds. The maximum Gasteiger partial charge on any atom is 0.270 e. The van der Waals surface area contributed by atoms with Gasteiger partial charge in [-0.25, -0.2) is 0 Å². The van der Waals surface area contributed by atoms with Crippen LogP contribution in [0, 0.1) is 19.3 Å². The van der Waals surface area contributed by atoms with Gasteiger partial charge in [-0.2, -0.15) is 0 Å². The number of carbonyl (C=O) groups excluding carboxylic acids is 1. The summed E-state index contributed by atoms with van der Waals surface area (Å²) in [5.74, 6) is 0.0282. The average molecular weight is 314 g/mol. The van der Waals surface area contributed by atoms with E-state index in [1.807, 2.05) is 17.0 Å². The molecule has 1 aliphatic rings. The molecule has 4 nitrogen and oxygen atoms in total. The summed E-state index contributed by atoms with van der Waals surface area (Å²) < 4.78 is 0. The van der Waals surface area contributed by atoms with Crippen LogP contribution in [0.1, 0.15) is 48.3 Å². The van der Waals surface area contributed by atoms with Gasteiger partial charge in [0.1, 0.15) is 5.69 Å². The van der Waals surface area contributed by atoms with Crippen LogP contribution >= 0.6 is 0 Å². The average Bonchev–Trinajstić information content (AvgIpc) is 2.85. The number of fused-ring (bicyclic) bond motifs is 1. The number of aryl methyl sites for hydroxylation is 2. The molecule has 1 saturated heterocycles. The Bertz CT molecular complexity index is 745. The second kappa shape index (κ2) is 5.68. The van der Waals surface area contributed by atoms with E-state index in [4.69, 9.17) is 0 Å². The summed E-state index contributed by atoms with van der Waals surface area (Å²) >= 11 is 0. The van der Waals surface area contributed by atoms with E-state index in [-0.39, 0.29) is 17.4 Å². The second-order valence-electron chi connectivity index (χ2n) is 7.69. The van der Waals surface area contributed by atoms with Crippen LogP contribution in [0.15, 0.2) is 18.2 Å². The van der Waals surface area contributed by atoms with Crippen molar-refractivity contribution in [2.75, 3.05) is 13.1 Å². The van der Waals surface area contributed by atoms with Crippen LogP contribution in [-0.2, 0) is 0 Å². The summed E-state index contributed by atoms with van der Waals surface area (Å²) in [6.45, 7) is 9.68. The number of hydrogen-bond acceptors (Lipinski definition) is 2. The number of nitrogens with zero attached hydrogens (tertiary/aromatic N) is 1. The van der Waals surface area contributed by atoms with E-state index in [0.717, 1.165) is 17.3 Å². The summed E-state index contributed by atoms with van der Waals surface area (Å²) in [5.41, 5.74) is 4.02. The largest absolute Gasteiger partial charge is 0.393 e. The maximum absolute atomic E-state index is 12.9. The third-order valence-corrected chi connectivity index (χ3v) is 5.00. The summed E-state index contributed by atoms with van der Waals surface area (Å²) in [6.07, 6.45) is 1.06. The van der Waals surface area contributed by atoms with Crippen molar-refractivity contribution < 1.29 is 9.90 Å². The standard InChI is InChI=1S/C19H26N2O2/c1-12-5-6-16-15(13(12)2)9-17(20-16)18(23)21-8-7-14(22)10-19(3,4)11-21/h5-6,9,14,20,22H,7-8,10-11H2,1-4H3/t14-/m0/s1. The predicted molar refractivity (Wildman–Crippen MR) is 92.7 cm³/mol. The Balaban J connectivity index is 1.92. The number of hydrogen-bond donors (Lipinski definition) is 2. The Morgan fingerprint density at radius 2 is 2.09 bits per heavy atom. The minimum Gasteiger partial charge on any atom is -0.393 e. The first kappa shape index (κ1) is 16.1. The van der Waals surface area contributed by atoms with Gasteiger partial charge < -0.3 is 15.0 Å². The first-order valence-electron chi connectivity index (χ1n) is 8.33. The van der Waals surface area contributed by atoms with Crippen LogP contribution in [0.5, 0.6) is 0 Å². The number of benzene rings is 1. The monoisotopic (exact) mass is 314 g/mol. The molecule has 2 aromatic rings. The van der Waals surface area contributed by atoms with Crippen LogP contribution in [0.3, 0.4) is 0 Å².